The molecule has 616 valence electrons. The molecule has 0 aliphatic heterocycles. The minimum atomic E-state index is -0.326. The molecule has 4 aliphatic rings. The summed E-state index contributed by atoms with van der Waals surface area (Å²) in [5.41, 5.74) is 21.6. The van der Waals surface area contributed by atoms with Gasteiger partial charge in [-0.2, -0.15) is 0 Å². The number of hydrogen-bond acceptors (Lipinski definition) is 17. The number of aromatic nitrogens is 8. The Morgan fingerprint density at radius 2 is 0.567 bits per heavy atom. The number of halogens is 3. The Hall–Kier alpha value is -12.3. The van der Waals surface area contributed by atoms with Crippen molar-refractivity contribution in [3.8, 4) is 73.8 Å². The molecule has 4 amide bonds. The number of phenolic OH excluding ortho intramolecular Hbond substituents is 5. The number of benzene rings is 8. The smallest absolute Gasteiger partial charge is 0.229 e. The van der Waals surface area contributed by atoms with Crippen LogP contribution in [0.5, 0.6) is 28.7 Å². The van der Waals surface area contributed by atoms with Gasteiger partial charge in [0.1, 0.15) is 34.6 Å². The Labute approximate surface area is 711 Å². The summed E-state index contributed by atoms with van der Waals surface area (Å²) in [6.07, 6.45) is 9.66. The Balaban J connectivity index is 0.000000138. The number of anilines is 4. The second-order valence-electron chi connectivity index (χ2n) is 32.5. The fourth-order valence-corrected chi connectivity index (χ4v) is 15.4. The summed E-state index contributed by atoms with van der Waals surface area (Å²) >= 11 is 9.34. The largest absolute Gasteiger partial charge is 0.508 e. The molecule has 0 atom stereocenters. The molecule has 120 heavy (non-hydrogen) atoms. The third-order valence-corrected chi connectivity index (χ3v) is 21.4. The molecule has 9 N–H and O–H groups in total. The lowest BCUT2D eigenvalue weighted by atomic mass is 9.91. The zero-order valence-electron chi connectivity index (χ0n) is 68.4. The predicted molar refractivity (Wildman–Crippen MR) is 470 cm³/mol. The number of amides is 4. The number of carbonyl (C=O) groups excluding carboxylic acids is 4. The monoisotopic (exact) mass is 1690 g/mol. The average Bonchev–Trinajstić information content (AvgIpc) is 0.786. The summed E-state index contributed by atoms with van der Waals surface area (Å²) < 4.78 is 14.1. The standard InChI is InChI=1S/C24H24BrN3O2.C24H24ClN3O2.C24H24FN3O2.C24H25N3O3/c3*1-14(2)11-21-24(28-22(30)12-15-3-6-17(25)7-4-15)27-20-10-5-16-13-18(29)8-9-19(16)23(20)26-21;1-14(2)11-21-24(27-22(30)12-15-3-6-17(28)7-4-15)26-20-10-5-16-13-18(29)8-9-19(16)23(20)25-21/h3*3-4,6-9,13-14,29H,5,10-12H2,1-2H3,(H,27,28,30);3-4,6-9,13-14,28-29H,5,10-12H2,1-2H3,(H,26,27,30). The molecule has 21 nitrogen and oxygen atoms in total. The van der Waals surface area contributed by atoms with Gasteiger partial charge in [0.2, 0.25) is 23.6 Å². The fraction of sp³-hybridized carbons (Fsp3) is 0.292. The molecule has 0 saturated heterocycles. The number of hydrogen-bond donors (Lipinski definition) is 9. The Kier molecular flexibility index (Phi) is 27.5. The number of nitrogens with one attached hydrogen (secondary N) is 4. The number of rotatable bonds is 20. The molecule has 4 aliphatic carbocycles. The third-order valence-electron chi connectivity index (χ3n) is 20.6. The molecule has 16 rings (SSSR count). The van der Waals surface area contributed by atoms with Gasteiger partial charge < -0.3 is 46.8 Å². The lowest BCUT2D eigenvalue weighted by molar-refractivity contribution is -0.116. The van der Waals surface area contributed by atoms with E-state index in [9.17, 15) is 49.1 Å². The molecule has 8 aromatic carbocycles. The van der Waals surface area contributed by atoms with Crippen LogP contribution >= 0.6 is 27.5 Å². The highest BCUT2D eigenvalue weighted by molar-refractivity contribution is 9.10. The molecule has 0 fully saturated rings. The molecular weight excluding hydrogens is 1600 g/mol. The van der Waals surface area contributed by atoms with Gasteiger partial charge in [-0.1, -0.05) is 131 Å². The summed E-state index contributed by atoms with van der Waals surface area (Å²) in [6.45, 7) is 16.9. The Morgan fingerprint density at radius 3 is 0.825 bits per heavy atom. The lowest BCUT2D eigenvalue weighted by Crippen LogP contribution is -2.20. The minimum absolute atomic E-state index is 0.0993. The van der Waals surface area contributed by atoms with E-state index in [1.807, 2.05) is 60.7 Å². The highest BCUT2D eigenvalue weighted by Gasteiger charge is 2.29. The first-order valence-electron chi connectivity index (χ1n) is 40.6. The van der Waals surface area contributed by atoms with E-state index in [2.05, 4.69) is 92.6 Å². The van der Waals surface area contributed by atoms with Gasteiger partial charge in [0.15, 0.2) is 23.3 Å². The molecule has 12 aromatic rings. The van der Waals surface area contributed by atoms with E-state index >= 15 is 0 Å². The zero-order chi connectivity index (χ0) is 85.0. The normalized spacial score (nSPS) is 12.4. The van der Waals surface area contributed by atoms with Crippen LogP contribution in [0.3, 0.4) is 0 Å². The summed E-state index contributed by atoms with van der Waals surface area (Å²) in [6, 6.07) is 48.9. The highest BCUT2D eigenvalue weighted by Crippen LogP contribution is 2.40. The number of carbonyl (C=O) groups is 4. The summed E-state index contributed by atoms with van der Waals surface area (Å²) in [7, 11) is 0. The van der Waals surface area contributed by atoms with Gasteiger partial charge in [-0.25, -0.2) is 44.3 Å². The highest BCUT2D eigenvalue weighted by atomic mass is 79.9. The molecule has 0 unspecified atom stereocenters. The van der Waals surface area contributed by atoms with Crippen LogP contribution in [0, 0.1) is 29.5 Å². The SMILES string of the molecule is CC(C)Cc1nc2c(nc1NC(=O)Cc1ccc(Br)cc1)CCc1cc(O)ccc1-2.CC(C)Cc1nc2c(nc1NC(=O)Cc1ccc(Cl)cc1)CCc1cc(O)ccc1-2.CC(C)Cc1nc2c(nc1NC(=O)Cc1ccc(F)cc1)CCc1cc(O)ccc1-2.CC(C)Cc1nc2c(nc1NC(=O)Cc1ccc(O)cc1)CCc1cc(O)ccc1-2. The first-order valence-corrected chi connectivity index (χ1v) is 41.8. The van der Waals surface area contributed by atoms with Crippen LogP contribution in [0.4, 0.5) is 27.7 Å². The van der Waals surface area contributed by atoms with Crippen molar-refractivity contribution in [3.05, 3.63) is 275 Å². The van der Waals surface area contributed by atoms with Crippen LogP contribution in [0.15, 0.2) is 174 Å². The number of nitrogens with zero attached hydrogens (tertiary/aromatic N) is 8. The molecule has 4 heterocycles. The van der Waals surface area contributed by atoms with E-state index in [1.165, 1.54) is 12.1 Å². The van der Waals surface area contributed by atoms with Crippen LogP contribution in [0.1, 0.15) is 145 Å². The van der Waals surface area contributed by atoms with Crippen LogP contribution in [-0.2, 0) is 122 Å². The van der Waals surface area contributed by atoms with Gasteiger partial charge in [-0.05, 0) is 267 Å². The summed E-state index contributed by atoms with van der Waals surface area (Å²) in [4.78, 5) is 89.4. The quantitative estimate of drug-likeness (QED) is 0.0342. The third kappa shape index (κ3) is 22.3. The van der Waals surface area contributed by atoms with Crippen molar-refractivity contribution >= 4 is 74.4 Å². The molecule has 0 radical (unpaired) electrons. The van der Waals surface area contributed by atoms with E-state index in [0.29, 0.717) is 84.1 Å². The maximum absolute atomic E-state index is 13.1. The number of aromatic hydroxyl groups is 5. The zero-order valence-corrected chi connectivity index (χ0v) is 70.7. The van der Waals surface area contributed by atoms with Gasteiger partial charge in [0, 0.05) is 31.7 Å². The van der Waals surface area contributed by atoms with E-state index in [-0.39, 0.29) is 83.9 Å². The van der Waals surface area contributed by atoms with E-state index in [1.54, 1.807) is 97.1 Å². The van der Waals surface area contributed by atoms with Gasteiger partial charge in [0.05, 0.1) is 94.0 Å². The van der Waals surface area contributed by atoms with Crippen molar-refractivity contribution in [1.82, 2.24) is 39.9 Å². The lowest BCUT2D eigenvalue weighted by Gasteiger charge is -2.21. The van der Waals surface area contributed by atoms with Crippen molar-refractivity contribution in [2.24, 2.45) is 23.7 Å². The van der Waals surface area contributed by atoms with E-state index < -0.39 is 0 Å². The number of phenols is 5. The molecule has 24 heteroatoms. The fourth-order valence-electron chi connectivity index (χ4n) is 15.0. The summed E-state index contributed by atoms with van der Waals surface area (Å²) in [5, 5.41) is 61.1. The topological polar surface area (TPSA) is 321 Å². The number of fused-ring (bicyclic) bond motifs is 12. The predicted octanol–water partition coefficient (Wildman–Crippen LogP) is 18.6. The van der Waals surface area contributed by atoms with Crippen LogP contribution in [-0.4, -0.2) is 89.0 Å². The summed E-state index contributed by atoms with van der Waals surface area (Å²) in [5.74, 6) is 3.85. The van der Waals surface area contributed by atoms with Gasteiger partial charge in [-0.3, -0.25) is 19.2 Å². The number of aryl methyl sites for hydroxylation is 8. The first kappa shape index (κ1) is 85.5. The van der Waals surface area contributed by atoms with Crippen molar-refractivity contribution in [1.29, 1.82) is 0 Å². The second-order valence-corrected chi connectivity index (χ2v) is 33.8. The maximum Gasteiger partial charge on any atom is 0.229 e. The maximum atomic E-state index is 13.1. The molecule has 4 aromatic heterocycles. The minimum Gasteiger partial charge on any atom is -0.508 e. The van der Waals surface area contributed by atoms with Crippen LogP contribution < -0.4 is 21.3 Å². The van der Waals surface area contributed by atoms with Crippen molar-refractivity contribution < 1.29 is 49.1 Å². The molecular formula is C96H97BrClFN12O9. The van der Waals surface area contributed by atoms with E-state index in [0.717, 1.165) is 185 Å². The van der Waals surface area contributed by atoms with Gasteiger partial charge in [-0.15, -0.1) is 0 Å². The van der Waals surface area contributed by atoms with Crippen molar-refractivity contribution in [2.45, 2.75) is 158 Å². The molecule has 0 spiro atoms. The van der Waals surface area contributed by atoms with Crippen LogP contribution in [0.2, 0.25) is 5.02 Å². The van der Waals surface area contributed by atoms with E-state index in [4.69, 9.17) is 51.5 Å². The first-order chi connectivity index (χ1) is 57.5. The van der Waals surface area contributed by atoms with Crippen molar-refractivity contribution in [3.63, 3.8) is 0 Å². The van der Waals surface area contributed by atoms with Gasteiger partial charge in [0.25, 0.3) is 0 Å². The van der Waals surface area contributed by atoms with Crippen LogP contribution in [0.25, 0.3) is 45.0 Å². The Bertz CT molecular complexity index is 5090. The second kappa shape index (κ2) is 38.6. The van der Waals surface area contributed by atoms with Gasteiger partial charge >= 0.3 is 0 Å². The van der Waals surface area contributed by atoms with Crippen molar-refractivity contribution in [2.75, 3.05) is 21.3 Å². The molecule has 0 saturated carbocycles. The molecule has 0 bridgehead atoms. The Morgan fingerprint density at radius 1 is 0.333 bits per heavy atom. The average molecular weight is 1700 g/mol.